The van der Waals surface area contributed by atoms with Crippen LogP contribution in [0.1, 0.15) is 31.9 Å². The predicted octanol–water partition coefficient (Wildman–Crippen LogP) is 2.66. The first-order valence-electron chi connectivity index (χ1n) is 6.95. The Kier molecular flexibility index (Phi) is 5.15. The number of fused-ring (bicyclic) bond motifs is 1. The lowest BCUT2D eigenvalue weighted by Crippen LogP contribution is -2.07. The highest BCUT2D eigenvalue weighted by molar-refractivity contribution is 5.44. The van der Waals surface area contributed by atoms with Crippen LogP contribution in [0.5, 0.6) is 0 Å². The van der Waals surface area contributed by atoms with Crippen LogP contribution in [0.4, 0.5) is 5.95 Å². The predicted molar refractivity (Wildman–Crippen MR) is 76.6 cm³/mol. The van der Waals surface area contributed by atoms with Crippen molar-refractivity contribution in [2.24, 2.45) is 0 Å². The van der Waals surface area contributed by atoms with Crippen LogP contribution in [0.3, 0.4) is 0 Å². The summed E-state index contributed by atoms with van der Waals surface area (Å²) in [5.41, 5.74) is 1.96. The number of ether oxygens (including phenoxy) is 1. The molecule has 5 heteroatoms. The molecule has 0 bridgehead atoms. The zero-order valence-electron chi connectivity index (χ0n) is 11.7. The summed E-state index contributed by atoms with van der Waals surface area (Å²) in [6.07, 6.45) is 3.29. The Morgan fingerprint density at radius 1 is 1.26 bits per heavy atom. The highest BCUT2D eigenvalue weighted by atomic mass is 16.5. The Hall–Kier alpha value is -1.62. The lowest BCUT2D eigenvalue weighted by Gasteiger charge is -2.03. The fourth-order valence-electron chi connectivity index (χ4n) is 1.83. The summed E-state index contributed by atoms with van der Waals surface area (Å²) in [7, 11) is 0. The normalized spacial score (nSPS) is 11.1. The van der Waals surface area contributed by atoms with Crippen LogP contribution in [0, 0.1) is 6.92 Å². The number of unbranched alkanes of at least 4 members (excludes halogenated alkanes) is 1. The molecule has 0 saturated carbocycles. The number of hydrogen-bond donors (Lipinski definition) is 1. The number of pyridine rings is 1. The Labute approximate surface area is 114 Å². The second kappa shape index (κ2) is 7.09. The third kappa shape index (κ3) is 3.92. The molecule has 0 aromatic carbocycles. The molecule has 2 aromatic rings. The molecule has 0 saturated heterocycles. The molecular formula is C14H22N4O. The number of aryl methyl sites for hydroxylation is 1. The van der Waals surface area contributed by atoms with Crippen molar-refractivity contribution in [2.45, 2.75) is 33.1 Å². The van der Waals surface area contributed by atoms with Gasteiger partial charge in [-0.25, -0.2) is 4.52 Å². The molecule has 0 aliphatic carbocycles. The fourth-order valence-corrected chi connectivity index (χ4v) is 1.83. The summed E-state index contributed by atoms with van der Waals surface area (Å²) < 4.78 is 7.35. The first kappa shape index (κ1) is 13.8. The monoisotopic (exact) mass is 262 g/mol. The summed E-state index contributed by atoms with van der Waals surface area (Å²) in [5, 5.41) is 7.64. The minimum atomic E-state index is 0.683. The molecule has 0 fully saturated rings. The SMILES string of the molecule is CCCCOCCCNc1nc2cccc(C)n2n1. The molecule has 5 nitrogen and oxygen atoms in total. The van der Waals surface area contributed by atoms with E-state index in [4.69, 9.17) is 4.74 Å². The Balaban J connectivity index is 1.74. The average molecular weight is 262 g/mol. The molecule has 2 rings (SSSR count). The van der Waals surface area contributed by atoms with E-state index in [1.807, 2.05) is 29.6 Å². The molecule has 0 aliphatic heterocycles. The largest absolute Gasteiger partial charge is 0.381 e. The van der Waals surface area contributed by atoms with E-state index in [2.05, 4.69) is 22.3 Å². The average Bonchev–Trinajstić information content (AvgIpc) is 2.82. The molecular weight excluding hydrogens is 240 g/mol. The van der Waals surface area contributed by atoms with E-state index in [0.717, 1.165) is 43.9 Å². The van der Waals surface area contributed by atoms with Crippen molar-refractivity contribution in [2.75, 3.05) is 25.1 Å². The lowest BCUT2D eigenvalue weighted by molar-refractivity contribution is 0.131. The van der Waals surface area contributed by atoms with E-state index in [1.54, 1.807) is 0 Å². The van der Waals surface area contributed by atoms with Crippen LogP contribution in [-0.2, 0) is 4.74 Å². The first-order valence-corrected chi connectivity index (χ1v) is 6.95. The minimum Gasteiger partial charge on any atom is -0.381 e. The van der Waals surface area contributed by atoms with E-state index >= 15 is 0 Å². The highest BCUT2D eigenvalue weighted by Gasteiger charge is 2.03. The van der Waals surface area contributed by atoms with E-state index in [0.29, 0.717) is 5.95 Å². The van der Waals surface area contributed by atoms with Crippen LogP contribution in [0.25, 0.3) is 5.65 Å². The van der Waals surface area contributed by atoms with Gasteiger partial charge >= 0.3 is 0 Å². The lowest BCUT2D eigenvalue weighted by atomic mass is 10.4. The van der Waals surface area contributed by atoms with Gasteiger partial charge in [-0.05, 0) is 31.9 Å². The van der Waals surface area contributed by atoms with Gasteiger partial charge in [-0.3, -0.25) is 0 Å². The smallest absolute Gasteiger partial charge is 0.243 e. The van der Waals surface area contributed by atoms with Gasteiger partial charge in [-0.15, -0.1) is 5.10 Å². The topological polar surface area (TPSA) is 51.5 Å². The Morgan fingerprint density at radius 3 is 2.89 bits per heavy atom. The summed E-state index contributed by atoms with van der Waals surface area (Å²) in [6, 6.07) is 5.97. The quantitative estimate of drug-likeness (QED) is 0.743. The summed E-state index contributed by atoms with van der Waals surface area (Å²) in [6.45, 7) is 6.68. The van der Waals surface area contributed by atoms with Crippen molar-refractivity contribution >= 4 is 11.6 Å². The van der Waals surface area contributed by atoms with Gasteiger partial charge < -0.3 is 10.1 Å². The van der Waals surface area contributed by atoms with E-state index < -0.39 is 0 Å². The van der Waals surface area contributed by atoms with E-state index in [9.17, 15) is 0 Å². The van der Waals surface area contributed by atoms with Crippen LogP contribution in [-0.4, -0.2) is 34.4 Å². The maximum atomic E-state index is 5.50. The third-order valence-corrected chi connectivity index (χ3v) is 2.94. The maximum Gasteiger partial charge on any atom is 0.243 e. The molecule has 2 heterocycles. The van der Waals surface area contributed by atoms with Gasteiger partial charge in [-0.1, -0.05) is 19.4 Å². The van der Waals surface area contributed by atoms with E-state index in [-0.39, 0.29) is 0 Å². The number of rotatable bonds is 8. The van der Waals surface area contributed by atoms with Crippen LogP contribution < -0.4 is 5.32 Å². The molecule has 0 spiro atoms. The molecule has 19 heavy (non-hydrogen) atoms. The summed E-state index contributed by atoms with van der Waals surface area (Å²) >= 11 is 0. The summed E-state index contributed by atoms with van der Waals surface area (Å²) in [5.74, 6) is 0.683. The number of nitrogens with zero attached hydrogens (tertiary/aromatic N) is 3. The van der Waals surface area contributed by atoms with Crippen LogP contribution >= 0.6 is 0 Å². The summed E-state index contributed by atoms with van der Waals surface area (Å²) in [4.78, 5) is 4.42. The van der Waals surface area contributed by atoms with Crippen LogP contribution in [0.2, 0.25) is 0 Å². The molecule has 0 atom stereocenters. The van der Waals surface area contributed by atoms with Gasteiger partial charge in [0.25, 0.3) is 0 Å². The van der Waals surface area contributed by atoms with Crippen molar-refractivity contribution in [3.8, 4) is 0 Å². The molecule has 0 amide bonds. The Bertz CT molecular complexity index is 509. The molecule has 1 N–H and O–H groups in total. The fraction of sp³-hybridized carbons (Fsp3) is 0.571. The van der Waals surface area contributed by atoms with Gasteiger partial charge in [0.1, 0.15) is 0 Å². The third-order valence-electron chi connectivity index (χ3n) is 2.94. The van der Waals surface area contributed by atoms with Crippen LogP contribution in [0.15, 0.2) is 18.2 Å². The number of anilines is 1. The van der Waals surface area contributed by atoms with Crippen molar-refractivity contribution in [1.82, 2.24) is 14.6 Å². The number of hydrogen-bond acceptors (Lipinski definition) is 4. The van der Waals surface area contributed by atoms with Gasteiger partial charge in [0, 0.05) is 25.5 Å². The molecule has 104 valence electrons. The minimum absolute atomic E-state index is 0.683. The van der Waals surface area contributed by atoms with Crippen molar-refractivity contribution < 1.29 is 4.74 Å². The van der Waals surface area contributed by atoms with Gasteiger partial charge in [0.05, 0.1) is 0 Å². The standard InChI is InChI=1S/C14H22N4O/c1-3-4-10-19-11-6-9-15-14-16-13-8-5-7-12(2)18(13)17-14/h5,7-8H,3-4,6,9-11H2,1-2H3,(H,15,17). The molecule has 0 aliphatic rings. The zero-order chi connectivity index (χ0) is 13.5. The van der Waals surface area contributed by atoms with Crippen molar-refractivity contribution in [3.63, 3.8) is 0 Å². The Morgan fingerprint density at radius 2 is 2.11 bits per heavy atom. The van der Waals surface area contributed by atoms with Gasteiger partial charge in [0.15, 0.2) is 5.65 Å². The van der Waals surface area contributed by atoms with Gasteiger partial charge in [0.2, 0.25) is 5.95 Å². The number of nitrogens with one attached hydrogen (secondary N) is 1. The zero-order valence-corrected chi connectivity index (χ0v) is 11.7. The highest BCUT2D eigenvalue weighted by Crippen LogP contribution is 2.07. The number of aromatic nitrogens is 3. The second-order valence-electron chi connectivity index (χ2n) is 4.62. The first-order chi connectivity index (χ1) is 9.31. The van der Waals surface area contributed by atoms with E-state index in [1.165, 1.54) is 6.42 Å². The molecule has 2 aromatic heterocycles. The van der Waals surface area contributed by atoms with Crippen molar-refractivity contribution in [1.29, 1.82) is 0 Å². The second-order valence-corrected chi connectivity index (χ2v) is 4.62. The molecule has 0 unspecified atom stereocenters. The molecule has 0 radical (unpaired) electrons. The van der Waals surface area contributed by atoms with Gasteiger partial charge in [-0.2, -0.15) is 4.98 Å². The van der Waals surface area contributed by atoms with Crippen molar-refractivity contribution in [3.05, 3.63) is 23.9 Å². The maximum absolute atomic E-state index is 5.50.